The van der Waals surface area contributed by atoms with E-state index in [-0.39, 0.29) is 17.4 Å². The number of carbonyl (C=O) groups is 1. The van der Waals surface area contributed by atoms with Gasteiger partial charge in [-0.3, -0.25) is 9.36 Å². The van der Waals surface area contributed by atoms with Crippen LogP contribution >= 0.6 is 11.3 Å². The SMILES string of the molecule is COC(=O)c1ccc([C@@H]2C3=C(N=c4s/c(=C\c5ccc(O)cc5)c(=O)n42)c2ccccc2CC3)cc1. The van der Waals surface area contributed by atoms with Gasteiger partial charge >= 0.3 is 5.97 Å². The zero-order valence-electron chi connectivity index (χ0n) is 19.5. The summed E-state index contributed by atoms with van der Waals surface area (Å²) in [5.74, 6) is -0.221. The van der Waals surface area contributed by atoms with E-state index in [2.05, 4.69) is 12.1 Å². The molecule has 1 atom stereocenters. The minimum Gasteiger partial charge on any atom is -0.508 e. The van der Waals surface area contributed by atoms with Gasteiger partial charge in [0.15, 0.2) is 4.80 Å². The molecule has 6 rings (SSSR count). The van der Waals surface area contributed by atoms with E-state index in [1.807, 2.05) is 30.3 Å². The van der Waals surface area contributed by atoms with E-state index >= 15 is 0 Å². The molecule has 0 amide bonds. The Morgan fingerprint density at radius 1 is 1.06 bits per heavy atom. The summed E-state index contributed by atoms with van der Waals surface area (Å²) in [7, 11) is 1.36. The van der Waals surface area contributed by atoms with Crippen molar-refractivity contribution in [1.29, 1.82) is 0 Å². The standard InChI is InChI=1S/C29H22N2O4S/c1-35-28(34)20-10-8-19(9-11-20)26-23-15-12-18-4-2-3-5-22(18)25(23)30-29-31(26)27(33)24(36-29)16-17-6-13-21(32)14-7-17/h2-11,13-14,16,26,32H,12,15H2,1H3/b24-16-/t26-/m1/s1. The lowest BCUT2D eigenvalue weighted by molar-refractivity contribution is 0.0600. The zero-order valence-corrected chi connectivity index (χ0v) is 20.3. The lowest BCUT2D eigenvalue weighted by atomic mass is 9.83. The maximum atomic E-state index is 13.7. The number of ether oxygens (including phenoxy) is 1. The molecule has 0 fully saturated rings. The summed E-state index contributed by atoms with van der Waals surface area (Å²) >= 11 is 1.36. The Bertz CT molecular complexity index is 1710. The summed E-state index contributed by atoms with van der Waals surface area (Å²) in [6, 6.07) is 22.0. The summed E-state index contributed by atoms with van der Waals surface area (Å²) in [6.45, 7) is 0. The van der Waals surface area contributed by atoms with E-state index in [0.29, 0.717) is 14.9 Å². The molecule has 2 heterocycles. The Hall–Kier alpha value is -4.23. The van der Waals surface area contributed by atoms with Crippen LogP contribution in [-0.2, 0) is 11.2 Å². The van der Waals surface area contributed by atoms with Crippen molar-refractivity contribution in [3.63, 3.8) is 0 Å². The van der Waals surface area contributed by atoms with E-state index < -0.39 is 5.97 Å². The number of fused-ring (bicyclic) bond motifs is 3. The number of hydrogen-bond acceptors (Lipinski definition) is 6. The molecule has 0 spiro atoms. The topological polar surface area (TPSA) is 80.9 Å². The maximum absolute atomic E-state index is 13.7. The van der Waals surface area contributed by atoms with Crippen LogP contribution in [0.2, 0.25) is 0 Å². The molecule has 178 valence electrons. The number of aryl methyl sites for hydroxylation is 1. The average Bonchev–Trinajstić information content (AvgIpc) is 3.22. The van der Waals surface area contributed by atoms with Crippen LogP contribution in [0.25, 0.3) is 11.8 Å². The molecule has 0 radical (unpaired) electrons. The fraction of sp³-hybridized carbons (Fsp3) is 0.138. The van der Waals surface area contributed by atoms with E-state index in [1.54, 1.807) is 41.0 Å². The Morgan fingerprint density at radius 3 is 2.56 bits per heavy atom. The molecule has 36 heavy (non-hydrogen) atoms. The van der Waals surface area contributed by atoms with Crippen molar-refractivity contribution in [2.75, 3.05) is 7.11 Å². The third-order valence-corrected chi connectivity index (χ3v) is 7.69. The molecule has 0 saturated heterocycles. The Balaban J connectivity index is 1.58. The molecule has 2 aliphatic rings. The first-order valence-corrected chi connectivity index (χ1v) is 12.5. The highest BCUT2D eigenvalue weighted by Gasteiger charge is 2.32. The van der Waals surface area contributed by atoms with Crippen LogP contribution in [0.4, 0.5) is 0 Å². The fourth-order valence-electron chi connectivity index (χ4n) is 4.96. The van der Waals surface area contributed by atoms with Crippen LogP contribution in [0.3, 0.4) is 0 Å². The summed E-state index contributed by atoms with van der Waals surface area (Å²) in [4.78, 5) is 31.4. The van der Waals surface area contributed by atoms with Crippen molar-refractivity contribution in [3.05, 3.63) is 126 Å². The molecular formula is C29H22N2O4S. The van der Waals surface area contributed by atoms with Gasteiger partial charge in [0.25, 0.3) is 5.56 Å². The van der Waals surface area contributed by atoms with Crippen molar-refractivity contribution in [1.82, 2.24) is 4.57 Å². The number of aromatic nitrogens is 1. The smallest absolute Gasteiger partial charge is 0.337 e. The highest BCUT2D eigenvalue weighted by Crippen LogP contribution is 2.41. The van der Waals surface area contributed by atoms with Crippen LogP contribution in [0.5, 0.6) is 5.75 Å². The third-order valence-electron chi connectivity index (χ3n) is 6.71. The number of aromatic hydroxyl groups is 1. The van der Waals surface area contributed by atoms with Crippen LogP contribution in [0, 0.1) is 0 Å². The molecule has 7 heteroatoms. The van der Waals surface area contributed by atoms with Crippen molar-refractivity contribution in [2.24, 2.45) is 4.99 Å². The lowest BCUT2D eigenvalue weighted by Gasteiger charge is -2.30. The second-order valence-corrected chi connectivity index (χ2v) is 9.83. The fourth-order valence-corrected chi connectivity index (χ4v) is 5.96. The second kappa shape index (κ2) is 8.77. The van der Waals surface area contributed by atoms with Crippen molar-refractivity contribution in [2.45, 2.75) is 18.9 Å². The van der Waals surface area contributed by atoms with E-state index in [0.717, 1.165) is 40.8 Å². The first-order valence-electron chi connectivity index (χ1n) is 11.6. The number of esters is 1. The number of nitrogens with zero attached hydrogens (tertiary/aromatic N) is 2. The van der Waals surface area contributed by atoms with Gasteiger partial charge < -0.3 is 9.84 Å². The zero-order chi connectivity index (χ0) is 24.8. The van der Waals surface area contributed by atoms with Gasteiger partial charge in [-0.2, -0.15) is 0 Å². The van der Waals surface area contributed by atoms with Crippen LogP contribution in [0.1, 0.15) is 45.1 Å². The summed E-state index contributed by atoms with van der Waals surface area (Å²) in [6.07, 6.45) is 3.50. The van der Waals surface area contributed by atoms with Crippen LogP contribution < -0.4 is 14.9 Å². The van der Waals surface area contributed by atoms with Crippen molar-refractivity contribution < 1.29 is 14.6 Å². The average molecular weight is 495 g/mol. The molecule has 0 saturated carbocycles. The molecule has 0 bridgehead atoms. The number of hydrogen-bond donors (Lipinski definition) is 1. The van der Waals surface area contributed by atoms with Gasteiger partial charge in [-0.25, -0.2) is 9.79 Å². The van der Waals surface area contributed by atoms with Crippen LogP contribution in [0.15, 0.2) is 88.2 Å². The monoisotopic (exact) mass is 494 g/mol. The summed E-state index contributed by atoms with van der Waals surface area (Å²) < 4.78 is 7.20. The highest BCUT2D eigenvalue weighted by atomic mass is 32.1. The van der Waals surface area contributed by atoms with Gasteiger partial charge in [0.1, 0.15) is 5.75 Å². The number of phenols is 1. The Kier molecular flexibility index (Phi) is 5.42. The van der Waals surface area contributed by atoms with Gasteiger partial charge in [0.2, 0.25) is 0 Å². The molecule has 3 aromatic carbocycles. The maximum Gasteiger partial charge on any atom is 0.337 e. The molecule has 4 aromatic rings. The van der Waals surface area contributed by atoms with Crippen molar-refractivity contribution >= 4 is 29.1 Å². The predicted octanol–water partition coefficient (Wildman–Crippen LogP) is 3.81. The Labute approximate surface area is 210 Å². The number of allylic oxidation sites excluding steroid dienone is 1. The van der Waals surface area contributed by atoms with E-state index in [4.69, 9.17) is 9.73 Å². The van der Waals surface area contributed by atoms with Gasteiger partial charge in [-0.1, -0.05) is 59.9 Å². The number of benzene rings is 3. The normalized spacial score (nSPS) is 16.6. The minimum atomic E-state index is -0.397. The molecule has 0 unspecified atom stereocenters. The molecule has 6 nitrogen and oxygen atoms in total. The van der Waals surface area contributed by atoms with Gasteiger partial charge in [-0.15, -0.1) is 0 Å². The number of rotatable bonds is 3. The number of phenolic OH excluding ortho intramolecular Hbond substituents is 1. The first kappa shape index (κ1) is 22.2. The quantitative estimate of drug-likeness (QED) is 0.439. The second-order valence-electron chi connectivity index (χ2n) is 8.82. The predicted molar refractivity (Wildman–Crippen MR) is 139 cm³/mol. The highest BCUT2D eigenvalue weighted by molar-refractivity contribution is 7.07. The largest absolute Gasteiger partial charge is 0.508 e. The number of methoxy groups -OCH3 is 1. The summed E-state index contributed by atoms with van der Waals surface area (Å²) in [5, 5.41) is 9.61. The van der Waals surface area contributed by atoms with Gasteiger partial charge in [-0.05, 0) is 65.4 Å². The first-order chi connectivity index (χ1) is 17.5. The molecule has 1 aromatic heterocycles. The molecular weight excluding hydrogens is 472 g/mol. The van der Waals surface area contributed by atoms with Gasteiger partial charge in [0.05, 0.1) is 28.9 Å². The van der Waals surface area contributed by atoms with E-state index in [9.17, 15) is 14.7 Å². The molecule has 1 N–H and O–H groups in total. The minimum absolute atomic E-state index is 0.112. The number of carbonyl (C=O) groups excluding carboxylic acids is 1. The lowest BCUT2D eigenvalue weighted by Crippen LogP contribution is -2.38. The molecule has 1 aliphatic carbocycles. The molecule has 1 aliphatic heterocycles. The van der Waals surface area contributed by atoms with Crippen LogP contribution in [-0.4, -0.2) is 22.8 Å². The van der Waals surface area contributed by atoms with Gasteiger partial charge in [0, 0.05) is 5.56 Å². The number of thiazole rings is 1. The van der Waals surface area contributed by atoms with E-state index in [1.165, 1.54) is 24.0 Å². The third kappa shape index (κ3) is 3.69. The van der Waals surface area contributed by atoms with Crippen molar-refractivity contribution in [3.8, 4) is 5.75 Å². The Morgan fingerprint density at radius 2 is 1.81 bits per heavy atom. The summed E-state index contributed by atoms with van der Waals surface area (Å²) in [5.41, 5.74) is 6.48.